The lowest BCUT2D eigenvalue weighted by atomic mass is 9.98. The Hall–Kier alpha value is -3.64. The minimum atomic E-state index is -0.751. The number of amides is 2. The highest BCUT2D eigenvalue weighted by molar-refractivity contribution is 7.99. The first-order chi connectivity index (χ1) is 25.1. The van der Waals surface area contributed by atoms with E-state index in [1.165, 1.54) is 5.56 Å². The molecule has 2 unspecified atom stereocenters. The first kappa shape index (κ1) is 38.1. The summed E-state index contributed by atoms with van der Waals surface area (Å²) in [6, 6.07) is 29.7. The number of carbonyl (C=O) groups excluding carboxylic acids is 2. The molecule has 2 aliphatic rings. The van der Waals surface area contributed by atoms with Gasteiger partial charge in [0.25, 0.3) is 0 Å². The minimum Gasteiger partial charge on any atom is -0.374 e. The van der Waals surface area contributed by atoms with Gasteiger partial charge in [0.2, 0.25) is 11.8 Å². The molecule has 0 aromatic heterocycles. The number of hydrogen-bond donors (Lipinski definition) is 4. The van der Waals surface area contributed by atoms with Crippen LogP contribution in [-0.4, -0.2) is 55.4 Å². The number of thioether (sulfide) groups is 2. The largest absolute Gasteiger partial charge is 0.374 e. The molecule has 52 heavy (non-hydrogen) atoms. The minimum absolute atomic E-state index is 0.0647. The Kier molecular flexibility index (Phi) is 12.8. The Morgan fingerprint density at radius 1 is 0.731 bits per heavy atom. The molecule has 0 fully saturated rings. The smallest absolute Gasteiger partial charge is 0.225 e. The van der Waals surface area contributed by atoms with Crippen molar-refractivity contribution in [3.63, 3.8) is 0 Å². The van der Waals surface area contributed by atoms with Crippen LogP contribution in [-0.2, 0) is 29.1 Å². The first-order valence-corrected chi connectivity index (χ1v) is 20.2. The first-order valence-electron chi connectivity index (χ1n) is 18.2. The van der Waals surface area contributed by atoms with Crippen LogP contribution in [0.3, 0.4) is 0 Å². The lowest BCUT2D eigenvalue weighted by molar-refractivity contribution is -0.120. The fourth-order valence-corrected chi connectivity index (χ4v) is 9.06. The summed E-state index contributed by atoms with van der Waals surface area (Å²) in [7, 11) is 0. The molecule has 2 amide bonds. The van der Waals surface area contributed by atoms with Crippen molar-refractivity contribution in [2.24, 2.45) is 5.92 Å². The zero-order valence-corrected chi connectivity index (χ0v) is 32.1. The Morgan fingerprint density at radius 3 is 1.98 bits per heavy atom. The Labute approximate surface area is 316 Å². The molecule has 2 aliphatic heterocycles. The number of para-hydroxylation sites is 2. The van der Waals surface area contributed by atoms with E-state index in [0.717, 1.165) is 61.3 Å². The molecule has 0 saturated heterocycles. The van der Waals surface area contributed by atoms with E-state index in [1.54, 1.807) is 23.5 Å². The Balaban J connectivity index is 1.01. The number of fused-ring (bicyclic) bond motifs is 2. The molecule has 0 saturated carbocycles. The van der Waals surface area contributed by atoms with Gasteiger partial charge in [-0.3, -0.25) is 19.4 Å². The maximum absolute atomic E-state index is 13.4. The highest BCUT2D eigenvalue weighted by Gasteiger charge is 2.36. The zero-order chi connectivity index (χ0) is 36.8. The standard InChI is InChI=1S/C42H50N4O4S2/c1-5-51-37-16-10-8-14-34(37)43-39(47)22-28(4)45-26-31-23-29(18-19-33(31)41(45)49)20-21-52-38-17-11-9-15-35(38)44-40(48)24-36(27(2)3)46-25-30-12-6-7-13-32(30)42(46)50/h6-19,23,27-28,36,41-42,49-50H,5,20-22,24-26H2,1-4H3,(H,43,47)(H,44,48)/t28-,36+,41?,42?/m1/s1. The van der Waals surface area contributed by atoms with Crippen LogP contribution < -0.4 is 10.6 Å². The third-order valence-electron chi connectivity index (χ3n) is 10.1. The maximum atomic E-state index is 13.4. The molecule has 6 rings (SSSR count). The van der Waals surface area contributed by atoms with Gasteiger partial charge in [-0.2, -0.15) is 0 Å². The number of carbonyl (C=O) groups is 2. The number of aryl methyl sites for hydroxylation is 1. The molecule has 10 heteroatoms. The van der Waals surface area contributed by atoms with Crippen molar-refractivity contribution in [2.75, 3.05) is 22.1 Å². The summed E-state index contributed by atoms with van der Waals surface area (Å²) < 4.78 is 0. The van der Waals surface area contributed by atoms with Crippen LogP contribution in [0.5, 0.6) is 0 Å². The topological polar surface area (TPSA) is 105 Å². The molecular formula is C42H50N4O4S2. The predicted molar refractivity (Wildman–Crippen MR) is 212 cm³/mol. The molecule has 2 heterocycles. The van der Waals surface area contributed by atoms with Gasteiger partial charge in [-0.05, 0) is 77.1 Å². The Bertz CT molecular complexity index is 1870. The number of hydrogen-bond acceptors (Lipinski definition) is 8. The molecule has 4 atom stereocenters. The molecular weight excluding hydrogens is 689 g/mol. The van der Waals surface area contributed by atoms with Crippen LogP contribution in [0.15, 0.2) is 101 Å². The fourth-order valence-electron chi connectivity index (χ4n) is 7.29. The van der Waals surface area contributed by atoms with Gasteiger partial charge in [0, 0.05) is 53.6 Å². The molecule has 0 aliphatic carbocycles. The number of benzene rings is 4. The summed E-state index contributed by atoms with van der Waals surface area (Å²) in [6.07, 6.45) is -0.0688. The summed E-state index contributed by atoms with van der Waals surface area (Å²) in [5.41, 5.74) is 6.82. The summed E-state index contributed by atoms with van der Waals surface area (Å²) in [6.45, 7) is 9.50. The highest BCUT2D eigenvalue weighted by atomic mass is 32.2. The number of nitrogens with zero attached hydrogens (tertiary/aromatic N) is 2. The summed E-state index contributed by atoms with van der Waals surface area (Å²) in [5.74, 6) is 1.79. The number of nitrogens with one attached hydrogen (secondary N) is 2. The molecule has 4 aromatic carbocycles. The van der Waals surface area contributed by atoms with Crippen molar-refractivity contribution in [2.45, 2.75) is 94.4 Å². The summed E-state index contributed by atoms with van der Waals surface area (Å²) in [5, 5.41) is 28.5. The van der Waals surface area contributed by atoms with Crippen molar-refractivity contribution in [3.8, 4) is 0 Å². The monoisotopic (exact) mass is 738 g/mol. The van der Waals surface area contributed by atoms with E-state index in [2.05, 4.69) is 43.5 Å². The molecule has 0 bridgehead atoms. The molecule has 4 N–H and O–H groups in total. The van der Waals surface area contributed by atoms with Crippen molar-refractivity contribution in [3.05, 3.63) is 119 Å². The van der Waals surface area contributed by atoms with Crippen molar-refractivity contribution < 1.29 is 19.8 Å². The third-order valence-corrected chi connectivity index (χ3v) is 12.1. The zero-order valence-electron chi connectivity index (χ0n) is 30.4. The second-order valence-corrected chi connectivity index (χ2v) is 16.5. The molecule has 0 radical (unpaired) electrons. The van der Waals surface area contributed by atoms with Crippen LogP contribution in [0.25, 0.3) is 0 Å². The van der Waals surface area contributed by atoms with E-state index in [1.807, 2.05) is 95.6 Å². The average Bonchev–Trinajstić information content (AvgIpc) is 3.64. The van der Waals surface area contributed by atoms with Crippen LogP contribution >= 0.6 is 23.5 Å². The summed E-state index contributed by atoms with van der Waals surface area (Å²) >= 11 is 3.41. The second-order valence-electron chi connectivity index (χ2n) is 14.0. The van der Waals surface area contributed by atoms with Gasteiger partial charge in [-0.25, -0.2) is 0 Å². The number of aliphatic hydroxyl groups excluding tert-OH is 2. The van der Waals surface area contributed by atoms with E-state index in [9.17, 15) is 19.8 Å². The van der Waals surface area contributed by atoms with Gasteiger partial charge in [0.15, 0.2) is 0 Å². The predicted octanol–water partition coefficient (Wildman–Crippen LogP) is 8.22. The van der Waals surface area contributed by atoms with Gasteiger partial charge in [-0.15, -0.1) is 23.5 Å². The van der Waals surface area contributed by atoms with E-state index < -0.39 is 12.5 Å². The fraction of sp³-hybridized carbons (Fsp3) is 0.381. The number of rotatable bonds is 15. The highest BCUT2D eigenvalue weighted by Crippen LogP contribution is 2.38. The average molecular weight is 739 g/mol. The SMILES string of the molecule is CCSc1ccccc1NC(=O)C[C@@H](C)N1Cc2cc(CCSc3ccccc3NC(=O)C[C@@H](C(C)C)N3Cc4ccccc4C3O)ccc2C1O. The third kappa shape index (κ3) is 8.93. The molecule has 4 aromatic rings. The van der Waals surface area contributed by atoms with E-state index in [0.29, 0.717) is 13.1 Å². The molecule has 8 nitrogen and oxygen atoms in total. The maximum Gasteiger partial charge on any atom is 0.225 e. The lowest BCUT2D eigenvalue weighted by Crippen LogP contribution is -2.40. The number of aliphatic hydroxyl groups is 2. The summed E-state index contributed by atoms with van der Waals surface area (Å²) in [4.78, 5) is 32.5. The van der Waals surface area contributed by atoms with Gasteiger partial charge in [0.1, 0.15) is 12.5 Å². The van der Waals surface area contributed by atoms with Crippen LogP contribution in [0.1, 0.15) is 80.8 Å². The lowest BCUT2D eigenvalue weighted by Gasteiger charge is -2.33. The van der Waals surface area contributed by atoms with Gasteiger partial charge < -0.3 is 20.8 Å². The Morgan fingerprint density at radius 2 is 1.31 bits per heavy atom. The van der Waals surface area contributed by atoms with E-state index in [4.69, 9.17) is 0 Å². The number of anilines is 2. The van der Waals surface area contributed by atoms with Crippen LogP contribution in [0.4, 0.5) is 11.4 Å². The van der Waals surface area contributed by atoms with Crippen LogP contribution in [0.2, 0.25) is 0 Å². The van der Waals surface area contributed by atoms with Crippen molar-refractivity contribution in [1.82, 2.24) is 9.80 Å². The van der Waals surface area contributed by atoms with Gasteiger partial charge >= 0.3 is 0 Å². The van der Waals surface area contributed by atoms with E-state index in [-0.39, 0.29) is 42.7 Å². The van der Waals surface area contributed by atoms with E-state index >= 15 is 0 Å². The van der Waals surface area contributed by atoms with Gasteiger partial charge in [-0.1, -0.05) is 87.5 Å². The van der Waals surface area contributed by atoms with Crippen molar-refractivity contribution >= 4 is 46.7 Å². The second kappa shape index (κ2) is 17.5. The van der Waals surface area contributed by atoms with Gasteiger partial charge in [0.05, 0.1) is 11.4 Å². The quantitative estimate of drug-likeness (QED) is 0.0906. The normalized spacial score (nSPS) is 18.2. The molecule has 274 valence electrons. The molecule has 0 spiro atoms. The van der Waals surface area contributed by atoms with Crippen LogP contribution in [0, 0.1) is 5.92 Å². The van der Waals surface area contributed by atoms with Crippen molar-refractivity contribution in [1.29, 1.82) is 0 Å².